The van der Waals surface area contributed by atoms with E-state index in [9.17, 15) is 9.59 Å². The fourth-order valence-electron chi connectivity index (χ4n) is 2.49. The zero-order chi connectivity index (χ0) is 20.8. The van der Waals surface area contributed by atoms with E-state index >= 15 is 0 Å². The minimum atomic E-state index is -0.444. The number of amides is 2. The Kier molecular flexibility index (Phi) is 6.82. The molecule has 3 N–H and O–H groups in total. The predicted octanol–water partition coefficient (Wildman–Crippen LogP) is 5.37. The summed E-state index contributed by atoms with van der Waals surface area (Å²) in [5, 5.41) is 9.08. The van der Waals surface area contributed by atoms with Gasteiger partial charge in [-0.15, -0.1) is 0 Å². The van der Waals surface area contributed by atoms with Crippen molar-refractivity contribution >= 4 is 63.7 Å². The molecule has 0 spiro atoms. The average molecular weight is 444 g/mol. The van der Waals surface area contributed by atoms with Crippen LogP contribution in [0, 0.1) is 0 Å². The van der Waals surface area contributed by atoms with Gasteiger partial charge < -0.3 is 10.6 Å². The maximum absolute atomic E-state index is 12.3. The number of carbonyl (C=O) groups is 2. The van der Waals surface area contributed by atoms with E-state index in [1.807, 2.05) is 6.07 Å². The van der Waals surface area contributed by atoms with Crippen molar-refractivity contribution < 1.29 is 9.59 Å². The summed E-state index contributed by atoms with van der Waals surface area (Å²) in [7, 11) is 0. The summed E-state index contributed by atoms with van der Waals surface area (Å²) in [6.45, 7) is 0. The van der Waals surface area contributed by atoms with Gasteiger partial charge in [-0.25, -0.2) is 0 Å². The van der Waals surface area contributed by atoms with Gasteiger partial charge in [0.05, 0.1) is 0 Å². The lowest BCUT2D eigenvalue weighted by molar-refractivity contribution is 0.0976. The molecule has 0 saturated carbocycles. The summed E-state index contributed by atoms with van der Waals surface area (Å²) >= 11 is 17.0. The van der Waals surface area contributed by atoms with Gasteiger partial charge >= 0.3 is 0 Å². The van der Waals surface area contributed by atoms with Crippen LogP contribution in [0.1, 0.15) is 20.7 Å². The molecule has 2 amide bonds. The summed E-state index contributed by atoms with van der Waals surface area (Å²) in [6, 6.07) is 20.4. The molecular weight excluding hydrogens is 429 g/mol. The van der Waals surface area contributed by atoms with Gasteiger partial charge in [0.1, 0.15) is 0 Å². The van der Waals surface area contributed by atoms with Crippen molar-refractivity contribution in [3.8, 4) is 0 Å². The summed E-state index contributed by atoms with van der Waals surface area (Å²) in [4.78, 5) is 24.6. The summed E-state index contributed by atoms with van der Waals surface area (Å²) in [6.07, 6.45) is 0. The van der Waals surface area contributed by atoms with E-state index in [0.717, 1.165) is 0 Å². The minimum Gasteiger partial charge on any atom is -0.332 e. The number of halogens is 2. The molecule has 5 nitrogen and oxygen atoms in total. The third-order valence-electron chi connectivity index (χ3n) is 3.77. The van der Waals surface area contributed by atoms with Crippen LogP contribution in [0.25, 0.3) is 0 Å². The number of hydrogen-bond acceptors (Lipinski definition) is 3. The Bertz CT molecular complexity index is 1050. The molecule has 8 heteroatoms. The van der Waals surface area contributed by atoms with E-state index in [2.05, 4.69) is 16.0 Å². The van der Waals surface area contributed by atoms with Crippen LogP contribution in [0.4, 0.5) is 11.4 Å². The van der Waals surface area contributed by atoms with Crippen LogP contribution >= 0.6 is 35.4 Å². The predicted molar refractivity (Wildman–Crippen MR) is 121 cm³/mol. The van der Waals surface area contributed by atoms with Crippen LogP contribution < -0.4 is 16.0 Å². The molecule has 146 valence electrons. The first-order chi connectivity index (χ1) is 13.9. The van der Waals surface area contributed by atoms with Crippen LogP contribution in [0.3, 0.4) is 0 Å². The van der Waals surface area contributed by atoms with Crippen molar-refractivity contribution in [3.05, 3.63) is 94.0 Å². The quantitative estimate of drug-likeness (QED) is 0.473. The molecule has 0 bridgehead atoms. The second-order valence-corrected chi connectivity index (χ2v) is 7.25. The highest BCUT2D eigenvalue weighted by Gasteiger charge is 2.11. The molecule has 0 heterocycles. The van der Waals surface area contributed by atoms with Crippen LogP contribution in [-0.2, 0) is 0 Å². The molecule has 0 aromatic heterocycles. The van der Waals surface area contributed by atoms with Crippen molar-refractivity contribution in [3.63, 3.8) is 0 Å². The Labute approximate surface area is 183 Å². The third kappa shape index (κ3) is 6.02. The fourth-order valence-corrected chi connectivity index (χ4v) is 3.23. The van der Waals surface area contributed by atoms with Gasteiger partial charge in [-0.2, -0.15) is 0 Å². The van der Waals surface area contributed by atoms with Gasteiger partial charge in [-0.05, 0) is 60.7 Å². The van der Waals surface area contributed by atoms with Crippen molar-refractivity contribution in [2.24, 2.45) is 0 Å². The molecule has 3 aromatic carbocycles. The molecular formula is C21H15Cl2N3O2S. The lowest BCUT2D eigenvalue weighted by Crippen LogP contribution is -2.34. The number of rotatable bonds is 4. The molecule has 0 aliphatic heterocycles. The Morgan fingerprint density at radius 2 is 1.31 bits per heavy atom. The van der Waals surface area contributed by atoms with Crippen molar-refractivity contribution in [2.45, 2.75) is 0 Å². The number of carbonyl (C=O) groups excluding carboxylic acids is 2. The highest BCUT2D eigenvalue weighted by atomic mass is 35.5. The smallest absolute Gasteiger partial charge is 0.257 e. The first kappa shape index (κ1) is 20.8. The van der Waals surface area contributed by atoms with Crippen molar-refractivity contribution in [2.75, 3.05) is 10.6 Å². The van der Waals surface area contributed by atoms with Gasteiger partial charge in [0.15, 0.2) is 5.11 Å². The lowest BCUT2D eigenvalue weighted by Gasteiger charge is -2.12. The second kappa shape index (κ2) is 9.52. The van der Waals surface area contributed by atoms with Crippen molar-refractivity contribution in [1.82, 2.24) is 5.32 Å². The standard InChI is InChI=1S/C21H15Cl2N3O2S/c22-15-9-14(10-16(23)11-15)20(28)26-21(29)25-18-8-4-7-17(12-18)24-19(27)13-5-2-1-3-6-13/h1-12H,(H,24,27)(H2,25,26,28,29). The Hall–Kier alpha value is -2.93. The van der Waals surface area contributed by atoms with Gasteiger partial charge in [0.25, 0.3) is 11.8 Å². The van der Waals surface area contributed by atoms with E-state index in [1.165, 1.54) is 18.2 Å². The number of anilines is 2. The van der Waals surface area contributed by atoms with Crippen LogP contribution in [-0.4, -0.2) is 16.9 Å². The molecule has 0 aliphatic carbocycles. The van der Waals surface area contributed by atoms with E-state index in [-0.39, 0.29) is 16.6 Å². The SMILES string of the molecule is O=C(NC(=S)Nc1cccc(NC(=O)c2ccccc2)c1)c1cc(Cl)cc(Cl)c1. The number of thiocarbonyl (C=S) groups is 1. The van der Waals surface area contributed by atoms with E-state index in [1.54, 1.807) is 48.5 Å². The molecule has 0 unspecified atom stereocenters. The van der Waals surface area contributed by atoms with E-state index in [0.29, 0.717) is 27.0 Å². The van der Waals surface area contributed by atoms with Crippen molar-refractivity contribution in [1.29, 1.82) is 0 Å². The molecule has 0 aliphatic rings. The zero-order valence-corrected chi connectivity index (χ0v) is 17.2. The van der Waals surface area contributed by atoms with Crippen LogP contribution in [0.2, 0.25) is 10.0 Å². The fraction of sp³-hybridized carbons (Fsp3) is 0. The van der Waals surface area contributed by atoms with Crippen LogP contribution in [0.15, 0.2) is 72.8 Å². The minimum absolute atomic E-state index is 0.0950. The number of hydrogen-bond donors (Lipinski definition) is 3. The first-order valence-corrected chi connectivity index (χ1v) is 9.62. The maximum atomic E-state index is 12.3. The van der Waals surface area contributed by atoms with E-state index < -0.39 is 5.91 Å². The Balaban J connectivity index is 1.63. The Morgan fingerprint density at radius 1 is 0.690 bits per heavy atom. The molecule has 0 fully saturated rings. The summed E-state index contributed by atoms with van der Waals surface area (Å²) in [5.41, 5.74) is 2.02. The van der Waals surface area contributed by atoms with E-state index in [4.69, 9.17) is 35.4 Å². The highest BCUT2D eigenvalue weighted by Crippen LogP contribution is 2.19. The highest BCUT2D eigenvalue weighted by molar-refractivity contribution is 7.80. The topological polar surface area (TPSA) is 70.2 Å². The third-order valence-corrected chi connectivity index (χ3v) is 4.41. The van der Waals surface area contributed by atoms with Gasteiger partial charge in [0, 0.05) is 32.5 Å². The monoisotopic (exact) mass is 443 g/mol. The number of benzene rings is 3. The zero-order valence-electron chi connectivity index (χ0n) is 14.9. The molecule has 3 aromatic rings. The second-order valence-electron chi connectivity index (χ2n) is 5.97. The van der Waals surface area contributed by atoms with Gasteiger partial charge in [-0.3, -0.25) is 14.9 Å². The largest absolute Gasteiger partial charge is 0.332 e. The molecule has 29 heavy (non-hydrogen) atoms. The summed E-state index contributed by atoms with van der Waals surface area (Å²) in [5.74, 6) is -0.670. The van der Waals surface area contributed by atoms with Crippen LogP contribution in [0.5, 0.6) is 0 Å². The molecule has 0 saturated heterocycles. The first-order valence-electron chi connectivity index (χ1n) is 8.45. The van der Waals surface area contributed by atoms with Gasteiger partial charge in [0.2, 0.25) is 0 Å². The Morgan fingerprint density at radius 3 is 1.97 bits per heavy atom. The molecule has 3 rings (SSSR count). The maximum Gasteiger partial charge on any atom is 0.257 e. The average Bonchev–Trinajstić information content (AvgIpc) is 2.68. The lowest BCUT2D eigenvalue weighted by atomic mass is 10.2. The normalized spacial score (nSPS) is 10.1. The van der Waals surface area contributed by atoms with Gasteiger partial charge in [-0.1, -0.05) is 47.5 Å². The molecule has 0 atom stereocenters. The summed E-state index contributed by atoms with van der Waals surface area (Å²) < 4.78 is 0. The number of nitrogens with one attached hydrogen (secondary N) is 3. The molecule has 0 radical (unpaired) electrons.